The van der Waals surface area contributed by atoms with Gasteiger partial charge in [0.15, 0.2) is 4.77 Å². The first-order chi connectivity index (χ1) is 10.5. The van der Waals surface area contributed by atoms with Crippen LogP contribution in [0.2, 0.25) is 5.02 Å². The first-order valence-electron chi connectivity index (χ1n) is 6.05. The second-order valence-electron chi connectivity index (χ2n) is 4.20. The Hall–Kier alpha value is -2.63. The maximum Gasteiger partial charge on any atom is 0.253 e. The number of nitrogens with one attached hydrogen (secondary N) is 4. The van der Waals surface area contributed by atoms with Crippen LogP contribution in [-0.2, 0) is 4.79 Å². The van der Waals surface area contributed by atoms with Gasteiger partial charge in [0, 0.05) is 11.1 Å². The topological polar surface area (TPSA) is 114 Å². The summed E-state index contributed by atoms with van der Waals surface area (Å²) in [4.78, 5) is 28.2. The Balaban J connectivity index is 2.05. The molecule has 0 radical (unpaired) electrons. The lowest BCUT2D eigenvalue weighted by Crippen LogP contribution is -2.23. The summed E-state index contributed by atoms with van der Waals surface area (Å²) in [5.74, 6) is -0.0890. The highest BCUT2D eigenvalue weighted by atomic mass is 35.5. The van der Waals surface area contributed by atoms with Crippen LogP contribution in [0.5, 0.6) is 0 Å². The highest BCUT2D eigenvalue weighted by Crippen LogP contribution is 2.20. The molecule has 0 atom stereocenters. The van der Waals surface area contributed by atoms with Crippen LogP contribution in [0.25, 0.3) is 0 Å². The van der Waals surface area contributed by atoms with Crippen molar-refractivity contribution in [2.24, 2.45) is 0 Å². The van der Waals surface area contributed by atoms with E-state index < -0.39 is 5.91 Å². The largest absolute Gasteiger partial charge is 0.362 e. The number of hydrogen-bond acceptors (Lipinski definition) is 5. The summed E-state index contributed by atoms with van der Waals surface area (Å²) in [5, 5.41) is 14.7. The third-order valence-corrected chi connectivity index (χ3v) is 3.02. The van der Waals surface area contributed by atoms with Crippen LogP contribution in [0.3, 0.4) is 0 Å². The van der Waals surface area contributed by atoms with Gasteiger partial charge in [0.2, 0.25) is 5.91 Å². The molecule has 1 aromatic carbocycles. The van der Waals surface area contributed by atoms with Crippen LogP contribution in [0.1, 0.15) is 5.56 Å². The molecule has 0 saturated heterocycles. The fourth-order valence-corrected chi connectivity index (χ4v) is 2.03. The van der Waals surface area contributed by atoms with Crippen LogP contribution in [0.15, 0.2) is 29.1 Å². The standard InChI is InChI=1S/C13H10ClN5O2S/c14-8-2-1-7(5-15)9(3-8)17-12(21)6-16-10-4-11(20)19-13(22)18-10/h1-4H,6H2,(H,17,21)(H3,16,18,19,20,22). The Morgan fingerprint density at radius 1 is 1.36 bits per heavy atom. The number of nitrogens with zero attached hydrogens (tertiary/aromatic N) is 1. The van der Waals surface area contributed by atoms with Gasteiger partial charge in [0.1, 0.15) is 11.9 Å². The lowest BCUT2D eigenvalue weighted by Gasteiger charge is -2.09. The zero-order valence-corrected chi connectivity index (χ0v) is 12.6. The molecule has 0 aliphatic rings. The van der Waals surface area contributed by atoms with Gasteiger partial charge in [0.05, 0.1) is 17.8 Å². The zero-order valence-electron chi connectivity index (χ0n) is 11.1. The number of halogens is 1. The number of H-pyrrole nitrogens is 2. The number of carbonyl (C=O) groups is 1. The predicted octanol–water partition coefficient (Wildman–Crippen LogP) is 2.01. The third-order valence-electron chi connectivity index (χ3n) is 2.58. The molecule has 0 spiro atoms. The molecule has 0 aliphatic carbocycles. The average molecular weight is 336 g/mol. The number of nitriles is 1. The molecule has 2 rings (SSSR count). The predicted molar refractivity (Wildman–Crippen MR) is 85.5 cm³/mol. The lowest BCUT2D eigenvalue weighted by molar-refractivity contribution is -0.114. The van der Waals surface area contributed by atoms with Gasteiger partial charge >= 0.3 is 0 Å². The SMILES string of the molecule is N#Cc1ccc(Cl)cc1NC(=O)CNc1cc(=O)[nH]c(=S)[nH]1. The van der Waals surface area contributed by atoms with Gasteiger partial charge in [-0.15, -0.1) is 0 Å². The van der Waals surface area contributed by atoms with Crippen molar-refractivity contribution in [1.29, 1.82) is 5.26 Å². The molecular weight excluding hydrogens is 326 g/mol. The molecule has 0 unspecified atom stereocenters. The first kappa shape index (κ1) is 15.8. The fraction of sp³-hybridized carbons (Fsp3) is 0.0769. The van der Waals surface area contributed by atoms with Crippen molar-refractivity contribution >= 4 is 41.2 Å². The van der Waals surface area contributed by atoms with Crippen molar-refractivity contribution in [2.45, 2.75) is 0 Å². The Bertz CT molecular complexity index is 839. The van der Waals surface area contributed by atoms with Gasteiger partial charge in [-0.25, -0.2) is 0 Å². The van der Waals surface area contributed by atoms with E-state index in [0.717, 1.165) is 0 Å². The van der Waals surface area contributed by atoms with Gasteiger partial charge in [0.25, 0.3) is 5.56 Å². The highest BCUT2D eigenvalue weighted by molar-refractivity contribution is 7.71. The number of aromatic nitrogens is 2. The van der Waals surface area contributed by atoms with E-state index in [1.807, 2.05) is 6.07 Å². The van der Waals surface area contributed by atoms with E-state index in [1.165, 1.54) is 18.2 Å². The van der Waals surface area contributed by atoms with Crippen LogP contribution in [-0.4, -0.2) is 22.4 Å². The van der Waals surface area contributed by atoms with Gasteiger partial charge < -0.3 is 15.6 Å². The first-order valence-corrected chi connectivity index (χ1v) is 6.83. The van der Waals surface area contributed by atoms with Crippen LogP contribution < -0.4 is 16.2 Å². The summed E-state index contributed by atoms with van der Waals surface area (Å²) < 4.78 is 0.150. The molecule has 22 heavy (non-hydrogen) atoms. The van der Waals surface area contributed by atoms with E-state index in [9.17, 15) is 9.59 Å². The Kier molecular flexibility index (Phi) is 4.93. The second-order valence-corrected chi connectivity index (χ2v) is 5.05. The molecule has 7 nitrogen and oxygen atoms in total. The molecule has 2 aromatic rings. The summed E-state index contributed by atoms with van der Waals surface area (Å²) in [5.41, 5.74) is 0.238. The number of benzene rings is 1. The number of anilines is 2. The molecule has 112 valence electrons. The monoisotopic (exact) mass is 335 g/mol. The Morgan fingerprint density at radius 2 is 2.14 bits per heavy atom. The van der Waals surface area contributed by atoms with Crippen LogP contribution in [0.4, 0.5) is 11.5 Å². The number of hydrogen-bond donors (Lipinski definition) is 4. The molecule has 1 amide bonds. The van der Waals surface area contributed by atoms with Crippen molar-refractivity contribution in [3.05, 3.63) is 50.0 Å². The maximum absolute atomic E-state index is 11.9. The molecule has 9 heteroatoms. The van der Waals surface area contributed by atoms with E-state index in [4.69, 9.17) is 29.1 Å². The molecule has 1 heterocycles. The smallest absolute Gasteiger partial charge is 0.253 e. The number of amides is 1. The molecule has 1 aromatic heterocycles. The Morgan fingerprint density at radius 3 is 2.82 bits per heavy atom. The van der Waals surface area contributed by atoms with Gasteiger partial charge in [-0.3, -0.25) is 14.6 Å². The summed E-state index contributed by atoms with van der Waals surface area (Å²) in [6, 6.07) is 7.75. The van der Waals surface area contributed by atoms with Crippen molar-refractivity contribution < 1.29 is 4.79 Å². The van der Waals surface area contributed by atoms with Gasteiger partial charge in [-0.1, -0.05) is 11.6 Å². The van der Waals surface area contributed by atoms with Crippen LogP contribution >= 0.6 is 23.8 Å². The van der Waals surface area contributed by atoms with Crippen LogP contribution in [0, 0.1) is 16.1 Å². The quantitative estimate of drug-likeness (QED) is 0.638. The van der Waals surface area contributed by atoms with Gasteiger partial charge in [-0.05, 0) is 30.4 Å². The van der Waals surface area contributed by atoms with Crippen molar-refractivity contribution in [3.8, 4) is 6.07 Å². The minimum Gasteiger partial charge on any atom is -0.362 e. The van der Waals surface area contributed by atoms with Crippen molar-refractivity contribution in [3.63, 3.8) is 0 Å². The maximum atomic E-state index is 11.9. The van der Waals surface area contributed by atoms with E-state index >= 15 is 0 Å². The lowest BCUT2D eigenvalue weighted by atomic mass is 10.2. The van der Waals surface area contributed by atoms with Gasteiger partial charge in [-0.2, -0.15) is 5.26 Å². The zero-order chi connectivity index (χ0) is 16.1. The highest BCUT2D eigenvalue weighted by Gasteiger charge is 2.08. The number of carbonyl (C=O) groups excluding carboxylic acids is 1. The molecule has 0 aliphatic heterocycles. The van der Waals surface area contributed by atoms with E-state index in [-0.39, 0.29) is 16.9 Å². The number of rotatable bonds is 4. The third kappa shape index (κ3) is 4.18. The summed E-state index contributed by atoms with van der Waals surface area (Å²) in [6.07, 6.45) is 0. The second kappa shape index (κ2) is 6.89. The van der Waals surface area contributed by atoms with Crippen molar-refractivity contribution in [2.75, 3.05) is 17.2 Å². The summed E-state index contributed by atoms with van der Waals surface area (Å²) >= 11 is 10.7. The number of aromatic amines is 2. The van der Waals surface area contributed by atoms with E-state index in [1.54, 1.807) is 6.07 Å². The average Bonchev–Trinajstić information content (AvgIpc) is 2.44. The Labute approximate surface area is 135 Å². The molecule has 0 fully saturated rings. The van der Waals surface area contributed by atoms with Crippen molar-refractivity contribution in [1.82, 2.24) is 9.97 Å². The normalized spacial score (nSPS) is 9.82. The minimum absolute atomic E-state index is 0.119. The molecular formula is C13H10ClN5O2S. The molecule has 0 saturated carbocycles. The minimum atomic E-state index is -0.404. The van der Waals surface area contributed by atoms with E-state index in [2.05, 4.69) is 20.6 Å². The van der Waals surface area contributed by atoms with E-state index in [0.29, 0.717) is 22.1 Å². The molecule has 4 N–H and O–H groups in total. The summed E-state index contributed by atoms with van der Waals surface area (Å²) in [7, 11) is 0. The molecule has 0 bridgehead atoms. The fourth-order valence-electron chi connectivity index (χ4n) is 1.65. The summed E-state index contributed by atoms with van der Waals surface area (Å²) in [6.45, 7) is -0.119.